The number of rotatable bonds is 5. The molecule has 0 aliphatic heterocycles. The van der Waals surface area contributed by atoms with E-state index in [4.69, 9.17) is 0 Å². The van der Waals surface area contributed by atoms with Gasteiger partial charge in [0.05, 0.1) is 0 Å². The van der Waals surface area contributed by atoms with E-state index in [-0.39, 0.29) is 17.0 Å². The first-order valence-electron chi connectivity index (χ1n) is 6.11. The second kappa shape index (κ2) is 4.36. The molecule has 2 N–H and O–H groups in total. The predicted molar refractivity (Wildman–Crippen MR) is 65.4 cm³/mol. The zero-order valence-electron chi connectivity index (χ0n) is 11.1. The van der Waals surface area contributed by atoms with E-state index in [1.807, 2.05) is 0 Å². The Kier molecular flexibility index (Phi) is 3.68. The third-order valence-electron chi connectivity index (χ3n) is 2.88. The fourth-order valence-corrected chi connectivity index (χ4v) is 2.61. The van der Waals surface area contributed by atoms with Crippen molar-refractivity contribution in [2.24, 2.45) is 11.3 Å². The van der Waals surface area contributed by atoms with E-state index in [0.29, 0.717) is 5.92 Å². The van der Waals surface area contributed by atoms with Gasteiger partial charge in [0.25, 0.3) is 0 Å². The van der Waals surface area contributed by atoms with Gasteiger partial charge in [-0.2, -0.15) is 0 Å². The van der Waals surface area contributed by atoms with Crippen LogP contribution in [0.1, 0.15) is 53.9 Å². The molecule has 0 bridgehead atoms. The molecule has 3 heteroatoms. The van der Waals surface area contributed by atoms with Gasteiger partial charge in [-0.25, -0.2) is 0 Å². The second-order valence-corrected chi connectivity index (χ2v) is 6.92. The van der Waals surface area contributed by atoms with Crippen molar-refractivity contribution in [3.8, 4) is 0 Å². The van der Waals surface area contributed by atoms with Gasteiger partial charge in [0, 0.05) is 5.54 Å². The average molecular weight is 227 g/mol. The molecule has 1 unspecified atom stereocenters. The van der Waals surface area contributed by atoms with Crippen molar-refractivity contribution < 1.29 is 9.90 Å². The summed E-state index contributed by atoms with van der Waals surface area (Å²) in [7, 11) is 0. The minimum atomic E-state index is -0.704. The molecule has 1 aliphatic carbocycles. The molecule has 0 aromatic rings. The molecule has 94 valence electrons. The van der Waals surface area contributed by atoms with Gasteiger partial charge in [0.15, 0.2) is 0 Å². The molecular weight excluding hydrogens is 202 g/mol. The quantitative estimate of drug-likeness (QED) is 0.759. The van der Waals surface area contributed by atoms with Crippen LogP contribution in [-0.2, 0) is 4.79 Å². The van der Waals surface area contributed by atoms with Crippen molar-refractivity contribution in [2.75, 3.05) is 0 Å². The third kappa shape index (κ3) is 4.52. The monoisotopic (exact) mass is 227 g/mol. The summed E-state index contributed by atoms with van der Waals surface area (Å²) in [5, 5.41) is 12.5. The van der Waals surface area contributed by atoms with Crippen molar-refractivity contribution in [2.45, 2.75) is 65.5 Å². The maximum atomic E-state index is 11.2. The first-order valence-corrected chi connectivity index (χ1v) is 6.11. The summed E-state index contributed by atoms with van der Waals surface area (Å²) >= 11 is 0. The molecule has 1 saturated carbocycles. The second-order valence-electron chi connectivity index (χ2n) is 6.92. The van der Waals surface area contributed by atoms with Gasteiger partial charge < -0.3 is 5.11 Å². The van der Waals surface area contributed by atoms with Gasteiger partial charge in [-0.3, -0.25) is 10.1 Å². The number of carboxylic acids is 1. The molecule has 1 fully saturated rings. The lowest BCUT2D eigenvalue weighted by Crippen LogP contribution is -2.52. The number of nitrogens with one attached hydrogen (secondary N) is 1. The Morgan fingerprint density at radius 1 is 1.31 bits per heavy atom. The maximum absolute atomic E-state index is 11.2. The van der Waals surface area contributed by atoms with Gasteiger partial charge in [-0.1, -0.05) is 20.8 Å². The van der Waals surface area contributed by atoms with Gasteiger partial charge >= 0.3 is 5.97 Å². The van der Waals surface area contributed by atoms with Crippen LogP contribution in [0.25, 0.3) is 0 Å². The first kappa shape index (κ1) is 13.5. The van der Waals surface area contributed by atoms with Crippen LogP contribution in [0.4, 0.5) is 0 Å². The van der Waals surface area contributed by atoms with Gasteiger partial charge in [0.1, 0.15) is 6.04 Å². The van der Waals surface area contributed by atoms with Crippen molar-refractivity contribution in [3.05, 3.63) is 0 Å². The van der Waals surface area contributed by atoms with E-state index in [1.54, 1.807) is 0 Å². The summed E-state index contributed by atoms with van der Waals surface area (Å²) < 4.78 is 0. The molecule has 3 nitrogen and oxygen atoms in total. The van der Waals surface area contributed by atoms with E-state index >= 15 is 0 Å². The van der Waals surface area contributed by atoms with E-state index in [9.17, 15) is 9.90 Å². The van der Waals surface area contributed by atoms with Gasteiger partial charge in [-0.05, 0) is 44.4 Å². The third-order valence-corrected chi connectivity index (χ3v) is 2.88. The Balaban J connectivity index is 2.58. The molecule has 0 spiro atoms. The van der Waals surface area contributed by atoms with Crippen LogP contribution in [0.3, 0.4) is 0 Å². The number of carboxylic acid groups (broad SMARTS) is 1. The number of hydrogen-bond donors (Lipinski definition) is 2. The van der Waals surface area contributed by atoms with Crippen LogP contribution in [0, 0.1) is 11.3 Å². The van der Waals surface area contributed by atoms with Gasteiger partial charge in [-0.15, -0.1) is 0 Å². The van der Waals surface area contributed by atoms with Crippen molar-refractivity contribution in [1.82, 2.24) is 5.32 Å². The van der Waals surface area contributed by atoms with Crippen LogP contribution in [0.5, 0.6) is 0 Å². The van der Waals surface area contributed by atoms with E-state index in [1.165, 1.54) is 0 Å². The highest BCUT2D eigenvalue weighted by molar-refractivity contribution is 5.74. The van der Waals surface area contributed by atoms with E-state index < -0.39 is 5.97 Å². The molecule has 0 heterocycles. The lowest BCUT2D eigenvalue weighted by atomic mass is 9.81. The SMILES string of the molecule is CC(C)(C)CC(C)(C)NC(C(=O)O)C1CC1. The van der Waals surface area contributed by atoms with Crippen LogP contribution < -0.4 is 5.32 Å². The molecule has 16 heavy (non-hydrogen) atoms. The zero-order chi connectivity index (χ0) is 12.6. The van der Waals surface area contributed by atoms with Crippen molar-refractivity contribution in [3.63, 3.8) is 0 Å². The maximum Gasteiger partial charge on any atom is 0.320 e. The first-order chi connectivity index (χ1) is 7.11. The fraction of sp³-hybridized carbons (Fsp3) is 0.923. The number of hydrogen-bond acceptors (Lipinski definition) is 2. The van der Waals surface area contributed by atoms with Crippen molar-refractivity contribution >= 4 is 5.97 Å². The Morgan fingerprint density at radius 2 is 1.81 bits per heavy atom. The molecule has 1 aliphatic rings. The molecule has 1 rings (SSSR count). The minimum Gasteiger partial charge on any atom is -0.480 e. The molecule has 0 aromatic carbocycles. The largest absolute Gasteiger partial charge is 0.480 e. The highest BCUT2D eigenvalue weighted by Gasteiger charge is 2.39. The lowest BCUT2D eigenvalue weighted by molar-refractivity contribution is -0.140. The average Bonchev–Trinajstić information content (AvgIpc) is 2.76. The summed E-state index contributed by atoms with van der Waals surface area (Å²) in [4.78, 5) is 11.2. The van der Waals surface area contributed by atoms with Crippen LogP contribution in [0.2, 0.25) is 0 Å². The normalized spacial score (nSPS) is 19.6. The standard InChI is InChI=1S/C13H25NO2/c1-12(2,3)8-13(4,5)14-10(11(15)16)9-6-7-9/h9-10,14H,6-8H2,1-5H3,(H,15,16). The molecule has 0 saturated heterocycles. The summed E-state index contributed by atoms with van der Waals surface area (Å²) in [6.07, 6.45) is 3.07. The van der Waals surface area contributed by atoms with Crippen LogP contribution >= 0.6 is 0 Å². The molecule has 1 atom stereocenters. The molecular formula is C13H25NO2. The summed E-state index contributed by atoms with van der Waals surface area (Å²) in [6, 6.07) is -0.364. The smallest absolute Gasteiger partial charge is 0.320 e. The molecule has 0 amide bonds. The van der Waals surface area contributed by atoms with Gasteiger partial charge in [0.2, 0.25) is 0 Å². The Labute approximate surface area is 98.6 Å². The fourth-order valence-electron chi connectivity index (χ4n) is 2.61. The van der Waals surface area contributed by atoms with Crippen LogP contribution in [-0.4, -0.2) is 22.7 Å². The Bertz CT molecular complexity index is 262. The van der Waals surface area contributed by atoms with Crippen LogP contribution in [0.15, 0.2) is 0 Å². The number of carbonyl (C=O) groups is 1. The summed E-state index contributed by atoms with van der Waals surface area (Å²) in [6.45, 7) is 10.7. The minimum absolute atomic E-state index is 0.121. The lowest BCUT2D eigenvalue weighted by Gasteiger charge is -2.35. The molecule has 0 radical (unpaired) electrons. The van der Waals surface area contributed by atoms with E-state index in [2.05, 4.69) is 39.9 Å². The topological polar surface area (TPSA) is 49.3 Å². The highest BCUT2D eigenvalue weighted by atomic mass is 16.4. The predicted octanol–water partition coefficient (Wildman–Crippen LogP) is 2.65. The van der Waals surface area contributed by atoms with Crippen molar-refractivity contribution in [1.29, 1.82) is 0 Å². The van der Waals surface area contributed by atoms with E-state index in [0.717, 1.165) is 19.3 Å². The number of aliphatic carboxylic acids is 1. The Hall–Kier alpha value is -0.570. The highest BCUT2D eigenvalue weighted by Crippen LogP contribution is 2.35. The Morgan fingerprint density at radius 3 is 2.12 bits per heavy atom. The zero-order valence-corrected chi connectivity index (χ0v) is 11.1. The summed E-state index contributed by atoms with van der Waals surface area (Å²) in [5.74, 6) is -0.360. The molecule has 0 aromatic heterocycles. The summed E-state index contributed by atoms with van der Waals surface area (Å²) in [5.41, 5.74) is 0.0903.